The van der Waals surface area contributed by atoms with Crippen LogP contribution in [0.5, 0.6) is 0 Å². The molecule has 88 valence electrons. The first-order valence-corrected chi connectivity index (χ1v) is 4.93. The molecule has 0 atom stereocenters. The Bertz CT molecular complexity index is 548. The number of halogens is 1. The van der Waals surface area contributed by atoms with Crippen LogP contribution in [0, 0.1) is 19.8 Å². The molecule has 0 spiro atoms. The van der Waals surface area contributed by atoms with Crippen LogP contribution < -0.4 is 5.32 Å². The van der Waals surface area contributed by atoms with Crippen molar-refractivity contribution >= 4 is 11.6 Å². The first kappa shape index (κ1) is 11.3. The van der Waals surface area contributed by atoms with Gasteiger partial charge in [0.2, 0.25) is 11.7 Å². The molecule has 0 unspecified atom stereocenters. The van der Waals surface area contributed by atoms with E-state index in [2.05, 4.69) is 15.3 Å². The van der Waals surface area contributed by atoms with Crippen LogP contribution in [0.2, 0.25) is 0 Å². The second-order valence-electron chi connectivity index (χ2n) is 3.47. The Labute approximate surface area is 96.7 Å². The molecule has 5 nitrogen and oxygen atoms in total. The summed E-state index contributed by atoms with van der Waals surface area (Å²) in [5.74, 6) is -0.470. The summed E-state index contributed by atoms with van der Waals surface area (Å²) >= 11 is 0. The third-order valence-corrected chi connectivity index (χ3v) is 2.10. The van der Waals surface area contributed by atoms with E-state index in [1.54, 1.807) is 13.8 Å². The Kier molecular flexibility index (Phi) is 2.86. The molecule has 2 rings (SSSR count). The second-order valence-corrected chi connectivity index (χ2v) is 3.47. The van der Waals surface area contributed by atoms with Gasteiger partial charge >= 0.3 is 0 Å². The van der Waals surface area contributed by atoms with Gasteiger partial charge in [-0.15, -0.1) is 0 Å². The van der Waals surface area contributed by atoms with Crippen LogP contribution in [0.15, 0.2) is 22.7 Å². The molecule has 1 N–H and O–H groups in total. The molecule has 0 aliphatic heterocycles. The molecule has 0 radical (unpaired) electrons. The topological polar surface area (TPSA) is 68.0 Å². The van der Waals surface area contributed by atoms with Gasteiger partial charge in [0.05, 0.1) is 17.6 Å². The van der Waals surface area contributed by atoms with E-state index >= 15 is 0 Å². The van der Waals surface area contributed by atoms with Gasteiger partial charge in [0.25, 0.3) is 5.91 Å². The Hall–Kier alpha value is -2.24. The van der Waals surface area contributed by atoms with Crippen molar-refractivity contribution in [3.8, 4) is 0 Å². The highest BCUT2D eigenvalue weighted by molar-refractivity contribution is 6.02. The number of hydrogen-bond donors (Lipinski definition) is 1. The van der Waals surface area contributed by atoms with Crippen molar-refractivity contribution in [3.05, 3.63) is 41.6 Å². The highest BCUT2D eigenvalue weighted by Gasteiger charge is 2.15. The number of aryl methyl sites for hydroxylation is 2. The molecule has 17 heavy (non-hydrogen) atoms. The molecule has 0 bridgehead atoms. The van der Waals surface area contributed by atoms with Crippen LogP contribution in [-0.4, -0.2) is 15.9 Å². The highest BCUT2D eigenvalue weighted by Crippen LogP contribution is 2.12. The van der Waals surface area contributed by atoms with Gasteiger partial charge in [-0.1, -0.05) is 0 Å². The molecule has 2 aromatic heterocycles. The number of nitrogens with one attached hydrogen (secondary N) is 1. The zero-order valence-electron chi connectivity index (χ0n) is 9.32. The maximum atomic E-state index is 12.6. The van der Waals surface area contributed by atoms with Gasteiger partial charge in [-0.3, -0.25) is 4.79 Å². The molecule has 1 amide bonds. The lowest BCUT2D eigenvalue weighted by molar-refractivity contribution is 0.0994. The zero-order valence-corrected chi connectivity index (χ0v) is 9.32. The molecule has 0 aliphatic carbocycles. The Morgan fingerprint density at radius 1 is 1.41 bits per heavy atom. The predicted molar refractivity (Wildman–Crippen MR) is 58.1 cm³/mol. The summed E-state index contributed by atoms with van der Waals surface area (Å²) in [5, 5.41) is 2.54. The van der Waals surface area contributed by atoms with Crippen molar-refractivity contribution in [2.45, 2.75) is 13.8 Å². The number of amides is 1. The molecule has 0 saturated heterocycles. The van der Waals surface area contributed by atoms with E-state index in [4.69, 9.17) is 4.42 Å². The van der Waals surface area contributed by atoms with E-state index in [1.165, 1.54) is 12.3 Å². The van der Waals surface area contributed by atoms with Crippen molar-refractivity contribution in [2.75, 3.05) is 5.32 Å². The molecule has 0 fully saturated rings. The minimum absolute atomic E-state index is 0.145. The smallest absolute Gasteiger partial charge is 0.293 e. The van der Waals surface area contributed by atoms with E-state index < -0.39 is 11.9 Å². The molecule has 2 heterocycles. The van der Waals surface area contributed by atoms with E-state index in [0.29, 0.717) is 17.3 Å². The van der Waals surface area contributed by atoms with Crippen molar-refractivity contribution in [1.82, 2.24) is 9.97 Å². The molecular weight excluding hydrogens is 225 g/mol. The fraction of sp³-hybridized carbons (Fsp3) is 0.182. The number of pyridine rings is 1. The zero-order chi connectivity index (χ0) is 12.4. The van der Waals surface area contributed by atoms with Crippen molar-refractivity contribution in [1.29, 1.82) is 0 Å². The quantitative estimate of drug-likeness (QED) is 0.809. The SMILES string of the molecule is Cc1nc(C)c(C(=O)Nc2ccc(F)nc2)o1. The maximum absolute atomic E-state index is 12.6. The van der Waals surface area contributed by atoms with E-state index in [9.17, 15) is 9.18 Å². The molecule has 0 aliphatic rings. The number of oxazole rings is 1. The number of carbonyl (C=O) groups is 1. The summed E-state index contributed by atoms with van der Waals surface area (Å²) in [6.07, 6.45) is 1.23. The van der Waals surface area contributed by atoms with Crippen molar-refractivity contribution in [3.63, 3.8) is 0 Å². The van der Waals surface area contributed by atoms with Gasteiger partial charge in [-0.25, -0.2) is 9.97 Å². The van der Waals surface area contributed by atoms with Gasteiger partial charge in [0, 0.05) is 6.92 Å². The fourth-order valence-electron chi connectivity index (χ4n) is 1.38. The summed E-state index contributed by atoms with van der Waals surface area (Å²) in [6.45, 7) is 3.33. The van der Waals surface area contributed by atoms with Crippen LogP contribution in [0.1, 0.15) is 22.1 Å². The summed E-state index contributed by atoms with van der Waals surface area (Å²) in [4.78, 5) is 19.2. The maximum Gasteiger partial charge on any atom is 0.293 e. The summed E-state index contributed by atoms with van der Waals surface area (Å²) < 4.78 is 17.7. The Balaban J connectivity index is 2.17. The van der Waals surface area contributed by atoms with E-state index in [-0.39, 0.29) is 5.76 Å². The Morgan fingerprint density at radius 2 is 2.18 bits per heavy atom. The lowest BCUT2D eigenvalue weighted by Gasteiger charge is -2.02. The minimum atomic E-state index is -0.602. The lowest BCUT2D eigenvalue weighted by Crippen LogP contribution is -2.12. The molecule has 2 aromatic rings. The first-order chi connectivity index (χ1) is 8.06. The van der Waals surface area contributed by atoms with Crippen LogP contribution in [-0.2, 0) is 0 Å². The number of rotatable bonds is 2. The van der Waals surface area contributed by atoms with Gasteiger partial charge in [-0.05, 0) is 19.1 Å². The average Bonchev–Trinajstić information content (AvgIpc) is 2.61. The summed E-state index contributed by atoms with van der Waals surface area (Å²) in [7, 11) is 0. The standard InChI is InChI=1S/C11H10FN3O2/c1-6-10(17-7(2)14-6)11(16)15-8-3-4-9(12)13-5-8/h3-5H,1-2H3,(H,15,16). The largest absolute Gasteiger partial charge is 0.436 e. The number of anilines is 1. The number of nitrogens with zero attached hydrogens (tertiary/aromatic N) is 2. The Morgan fingerprint density at radius 3 is 2.71 bits per heavy atom. The number of carbonyl (C=O) groups excluding carboxylic acids is 1. The lowest BCUT2D eigenvalue weighted by atomic mass is 10.3. The number of aromatic nitrogens is 2. The molecule has 0 saturated carbocycles. The molecule has 0 aromatic carbocycles. The van der Waals surface area contributed by atoms with Crippen LogP contribution >= 0.6 is 0 Å². The normalized spacial score (nSPS) is 10.3. The monoisotopic (exact) mass is 235 g/mol. The van der Waals surface area contributed by atoms with Gasteiger partial charge in [-0.2, -0.15) is 4.39 Å². The molecular formula is C11H10FN3O2. The van der Waals surface area contributed by atoms with Crippen LogP contribution in [0.4, 0.5) is 10.1 Å². The van der Waals surface area contributed by atoms with Crippen molar-refractivity contribution < 1.29 is 13.6 Å². The fourth-order valence-corrected chi connectivity index (χ4v) is 1.38. The molecule has 6 heteroatoms. The number of hydrogen-bond acceptors (Lipinski definition) is 4. The van der Waals surface area contributed by atoms with Crippen LogP contribution in [0.3, 0.4) is 0 Å². The van der Waals surface area contributed by atoms with Gasteiger partial charge in [0.1, 0.15) is 0 Å². The predicted octanol–water partition coefficient (Wildman–Crippen LogP) is 2.08. The van der Waals surface area contributed by atoms with E-state index in [1.807, 2.05) is 0 Å². The summed E-state index contributed by atoms with van der Waals surface area (Å²) in [5.41, 5.74) is 0.903. The average molecular weight is 235 g/mol. The third-order valence-electron chi connectivity index (χ3n) is 2.10. The summed E-state index contributed by atoms with van der Waals surface area (Å²) in [6, 6.07) is 2.58. The third kappa shape index (κ3) is 2.47. The second kappa shape index (κ2) is 4.32. The van der Waals surface area contributed by atoms with Crippen LogP contribution in [0.25, 0.3) is 0 Å². The van der Waals surface area contributed by atoms with Gasteiger partial charge in [0.15, 0.2) is 5.89 Å². The minimum Gasteiger partial charge on any atom is -0.436 e. The highest BCUT2D eigenvalue weighted by atomic mass is 19.1. The van der Waals surface area contributed by atoms with E-state index in [0.717, 1.165) is 6.07 Å². The van der Waals surface area contributed by atoms with Gasteiger partial charge < -0.3 is 9.73 Å². The first-order valence-electron chi connectivity index (χ1n) is 4.93. The van der Waals surface area contributed by atoms with Crippen molar-refractivity contribution in [2.24, 2.45) is 0 Å².